The van der Waals surface area contributed by atoms with Crippen molar-refractivity contribution < 1.29 is 36.6 Å². The molecule has 29 heteroatoms. The molecule has 109 heavy (non-hydrogen) atoms. The van der Waals surface area contributed by atoms with E-state index in [2.05, 4.69) is 114 Å². The van der Waals surface area contributed by atoms with Gasteiger partial charge in [0, 0.05) is 116 Å². The molecule has 0 aliphatic carbocycles. The normalized spacial score (nSPS) is 15.0. The monoisotopic (exact) mass is 1520 g/mol. The van der Waals surface area contributed by atoms with E-state index in [0.717, 1.165) is 162 Å². The van der Waals surface area contributed by atoms with Crippen molar-refractivity contribution in [1.29, 1.82) is 0 Å². The molecule has 4 fully saturated rings. The van der Waals surface area contributed by atoms with Crippen molar-refractivity contribution in [1.82, 2.24) is 74.8 Å². The minimum atomic E-state index is -0.241. The Morgan fingerprint density at radius 1 is 0.358 bits per heavy atom. The number of benzene rings is 4. The minimum absolute atomic E-state index is 0.241. The second-order valence-electron chi connectivity index (χ2n) is 26.4. The molecule has 0 unspecified atom stereocenters. The zero-order chi connectivity index (χ0) is 72.9. The van der Waals surface area contributed by atoms with Gasteiger partial charge in [-0.3, -0.25) is 0 Å². The third kappa shape index (κ3) is 13.1. The van der Waals surface area contributed by atoms with Crippen LogP contribution in [0.25, 0.3) is 156 Å². The minimum Gasteiger partial charge on any atom is -0.432 e. The Bertz CT molecular complexity index is 6330. The molecule has 0 atom stereocenters. The van der Waals surface area contributed by atoms with E-state index in [1.807, 2.05) is 109 Å². The van der Waals surface area contributed by atoms with Crippen molar-refractivity contribution in [2.45, 2.75) is 6.92 Å². The maximum absolute atomic E-state index is 11.6. The number of imidazole rings is 1. The number of H-pyrrole nitrogens is 3. The number of pyridine rings is 4. The van der Waals surface area contributed by atoms with E-state index in [-0.39, 0.29) is 5.69 Å². The van der Waals surface area contributed by atoms with Crippen molar-refractivity contribution in [3.8, 4) is 45.6 Å². The Kier molecular flexibility index (Phi) is 17.8. The summed E-state index contributed by atoms with van der Waals surface area (Å²) >= 11 is 3.53. The Morgan fingerprint density at radius 3 is 1.11 bits per heavy atom. The predicted octanol–water partition coefficient (Wildman–Crippen LogP) is 13.8. The number of aromatic amines is 3. The summed E-state index contributed by atoms with van der Waals surface area (Å²) in [5.41, 5.74) is 15.3. The van der Waals surface area contributed by atoms with Crippen LogP contribution in [0.3, 0.4) is 0 Å². The Labute approximate surface area is 626 Å². The molecule has 18 heterocycles. The van der Waals surface area contributed by atoms with Crippen LogP contribution < -0.4 is 25.3 Å². The van der Waals surface area contributed by atoms with Gasteiger partial charge in [0.05, 0.1) is 85.4 Å². The molecule has 0 spiro atoms. The van der Waals surface area contributed by atoms with Crippen LogP contribution in [-0.2, 0) is 18.9 Å². The zero-order valence-electron chi connectivity index (χ0n) is 58.7. The summed E-state index contributed by atoms with van der Waals surface area (Å²) in [4.78, 5) is 85.3. The van der Waals surface area contributed by atoms with E-state index in [4.69, 9.17) is 76.5 Å². The Hall–Kier alpha value is -12.7. The lowest BCUT2D eigenvalue weighted by molar-refractivity contribution is 0.122. The number of fused-ring (bicyclic) bond motifs is 14. The number of ether oxygens (including phenoxy) is 4. The van der Waals surface area contributed by atoms with Crippen LogP contribution >= 0.6 is 15.9 Å². The number of hydrogen-bond donors (Lipinski definition) is 3. The number of rotatable bonds is 8. The van der Waals surface area contributed by atoms with Gasteiger partial charge in [-0.15, -0.1) is 0 Å². The average molecular weight is 1520 g/mol. The highest BCUT2D eigenvalue weighted by molar-refractivity contribution is 9.10. The summed E-state index contributed by atoms with van der Waals surface area (Å²) in [6.45, 7) is 13.5. The first kappa shape index (κ1) is 67.0. The van der Waals surface area contributed by atoms with E-state index in [1.165, 1.54) is 5.56 Å². The van der Waals surface area contributed by atoms with Gasteiger partial charge in [0.1, 0.15) is 22.1 Å². The zero-order valence-corrected chi connectivity index (χ0v) is 60.3. The molecule has 3 N–H and O–H groups in total. The van der Waals surface area contributed by atoms with Crippen LogP contribution in [0.2, 0.25) is 0 Å². The molecule has 4 aromatic carbocycles. The molecule has 22 rings (SSSR count). The fourth-order valence-corrected chi connectivity index (χ4v) is 14.5. The molecular weight excluding hydrogens is 1450 g/mol. The molecule has 0 bridgehead atoms. The second kappa shape index (κ2) is 28.9. The highest BCUT2D eigenvalue weighted by atomic mass is 79.9. The van der Waals surface area contributed by atoms with Crippen LogP contribution in [0, 0.1) is 6.92 Å². The first-order valence-corrected chi connectivity index (χ1v) is 36.7. The molecule has 4 aliphatic heterocycles. The third-order valence-electron chi connectivity index (χ3n) is 19.5. The van der Waals surface area contributed by atoms with Crippen LogP contribution in [0.4, 0.5) is 23.3 Å². The molecule has 0 radical (unpaired) electrons. The molecule has 0 amide bonds. The molecule has 18 aromatic rings. The number of nitrogens with one attached hydrogen (secondary N) is 3. The topological polar surface area (TPSA) is 322 Å². The number of furan rings is 4. The van der Waals surface area contributed by atoms with Gasteiger partial charge in [0.25, 0.3) is 0 Å². The van der Waals surface area contributed by atoms with Gasteiger partial charge in [0.2, 0.25) is 22.9 Å². The van der Waals surface area contributed by atoms with Gasteiger partial charge in [-0.1, -0.05) is 64.0 Å². The summed E-state index contributed by atoms with van der Waals surface area (Å²) < 4.78 is 47.1. The fourth-order valence-electron chi connectivity index (χ4n) is 14.1. The van der Waals surface area contributed by atoms with Crippen LogP contribution in [0.1, 0.15) is 5.56 Å². The SMILES string of the molecule is Brc1cccc(-c2nc(N3CCOCC3)c3oc4ncccc4c3n2)c1.Cc1cccc(-c2nc(N3CCOCC3)c3oc4ncccc4c3n2)c1.O=c1[nH]c2ccc(-c3nc(N4CCOCC4)c4oc5ncccc5c4n3)cc2[nH]1.c1cnc2oc3c(N4CCOCC4)nc(-c4ccc5cc[nH]c5c4)nc3c2c1. The van der Waals surface area contributed by atoms with Gasteiger partial charge in [-0.25, -0.2) is 64.6 Å². The maximum Gasteiger partial charge on any atom is 0.323 e. The Balaban J connectivity index is 0.0000000988. The van der Waals surface area contributed by atoms with Crippen molar-refractivity contribution in [3.63, 3.8) is 0 Å². The molecule has 14 aromatic heterocycles. The van der Waals surface area contributed by atoms with Gasteiger partial charge >= 0.3 is 5.69 Å². The van der Waals surface area contributed by atoms with Crippen LogP contribution in [-0.4, -0.2) is 180 Å². The number of anilines is 4. The van der Waals surface area contributed by atoms with Crippen LogP contribution in [0.5, 0.6) is 0 Å². The number of aryl methyl sites for hydroxylation is 1. The highest BCUT2D eigenvalue weighted by Gasteiger charge is 2.29. The predicted molar refractivity (Wildman–Crippen MR) is 419 cm³/mol. The van der Waals surface area contributed by atoms with Crippen molar-refractivity contribution >= 4 is 150 Å². The number of halogens is 1. The number of nitrogens with zero attached hydrogens (tertiary/aromatic N) is 16. The summed E-state index contributed by atoms with van der Waals surface area (Å²) in [5, 5.41) is 4.72. The standard InChI is InChI=1S/C21H17N5O2.C20H16N6O3.C20H18N4O2.C19H15BrN4O2/c1-2-15-17-18(28-21(15)23-6-1)20(26-8-10-27-11-9-26)25-19(24-17)14-4-3-13-5-7-22-16(13)12-14;27-20-22-13-4-3-11(10-14(13)23-20)17-24-15-12-2-1-5-21-19(12)29-16(15)18(25-17)26-6-8-28-9-7-26;1-13-4-2-5-14(12-13)18-22-16-15-6-3-7-21-20(15)26-17(16)19(23-18)24-8-10-25-11-9-24;20-13-4-1-3-12(11-13)17-22-15-14-5-2-6-21-19(14)26-16(15)18(23-17)24-7-9-25-10-8-24/h1-7,12,22H,8-11H2;1-5,10H,6-9H2,(H2,22,23,27);2-7,12H,8-11H2,1H3;1-6,11H,7-10H2. The molecule has 4 aliphatic rings. The van der Waals surface area contributed by atoms with Gasteiger partial charge in [-0.05, 0) is 109 Å². The third-order valence-corrected chi connectivity index (χ3v) is 20.0. The van der Waals surface area contributed by atoms with Crippen molar-refractivity contribution in [3.05, 3.63) is 191 Å². The largest absolute Gasteiger partial charge is 0.432 e. The quantitative estimate of drug-likeness (QED) is 0.127. The summed E-state index contributed by atoms with van der Waals surface area (Å²) in [7, 11) is 0. The van der Waals surface area contributed by atoms with E-state index >= 15 is 0 Å². The van der Waals surface area contributed by atoms with Gasteiger partial charge < -0.3 is 71.2 Å². The molecule has 542 valence electrons. The first-order chi connectivity index (χ1) is 53.7. The van der Waals surface area contributed by atoms with E-state index in [0.29, 0.717) is 127 Å². The average Bonchev–Trinajstić information content (AvgIpc) is 1.64. The number of hydrogen-bond acceptors (Lipinski definition) is 25. The lowest BCUT2D eigenvalue weighted by atomic mass is 10.1. The molecular formula is C80H66BrN19O9. The molecule has 0 saturated carbocycles. The number of morpholine rings is 4. The van der Waals surface area contributed by atoms with Crippen molar-refractivity contribution in [2.75, 3.05) is 125 Å². The summed E-state index contributed by atoms with van der Waals surface area (Å²) in [6, 6.07) is 45.6. The molecule has 28 nitrogen and oxygen atoms in total. The number of aromatic nitrogens is 15. The van der Waals surface area contributed by atoms with Gasteiger partial charge in [0.15, 0.2) is 68.9 Å². The van der Waals surface area contributed by atoms with E-state index < -0.39 is 0 Å². The summed E-state index contributed by atoms with van der Waals surface area (Å²) in [5.74, 6) is 5.76. The van der Waals surface area contributed by atoms with Gasteiger partial charge in [-0.2, -0.15) is 0 Å². The maximum atomic E-state index is 11.6. The second-order valence-corrected chi connectivity index (χ2v) is 27.3. The highest BCUT2D eigenvalue weighted by Crippen LogP contribution is 2.40. The lowest BCUT2D eigenvalue weighted by Crippen LogP contribution is -2.37. The lowest BCUT2D eigenvalue weighted by Gasteiger charge is -2.27. The summed E-state index contributed by atoms with van der Waals surface area (Å²) in [6.07, 6.45) is 8.82. The van der Waals surface area contributed by atoms with Crippen molar-refractivity contribution in [2.24, 2.45) is 0 Å². The van der Waals surface area contributed by atoms with E-state index in [9.17, 15) is 4.79 Å². The first-order valence-electron chi connectivity index (χ1n) is 35.9. The smallest absolute Gasteiger partial charge is 0.323 e. The fraction of sp³-hybridized carbons (Fsp3) is 0.212. The molecule has 4 saturated heterocycles. The van der Waals surface area contributed by atoms with Crippen LogP contribution in [0.15, 0.2) is 197 Å². The van der Waals surface area contributed by atoms with E-state index in [1.54, 1.807) is 24.8 Å². The Morgan fingerprint density at radius 2 is 0.716 bits per heavy atom.